The summed E-state index contributed by atoms with van der Waals surface area (Å²) in [4.78, 5) is 5.25. The van der Waals surface area contributed by atoms with Crippen molar-refractivity contribution in [2.75, 3.05) is 51.8 Å². The summed E-state index contributed by atoms with van der Waals surface area (Å²) in [5.41, 5.74) is 4.91. The molecule has 0 spiro atoms. The van der Waals surface area contributed by atoms with Crippen molar-refractivity contribution < 1.29 is 9.84 Å². The molecule has 1 aromatic carbocycles. The van der Waals surface area contributed by atoms with E-state index in [-0.39, 0.29) is 6.61 Å². The monoisotopic (exact) mass is 495 g/mol. The predicted octanol–water partition coefficient (Wildman–Crippen LogP) is 4.89. The number of aryl methyl sites for hydroxylation is 1. The van der Waals surface area contributed by atoms with Crippen molar-refractivity contribution in [3.05, 3.63) is 29.3 Å². The average Bonchev–Trinajstić information content (AvgIpc) is 3.24. The zero-order valence-corrected chi connectivity index (χ0v) is 22.8. The van der Waals surface area contributed by atoms with Gasteiger partial charge in [-0.25, -0.2) is 0 Å². The molecular weight excluding hydrogens is 446 g/mol. The predicted molar refractivity (Wildman–Crippen MR) is 147 cm³/mol. The fraction of sp³-hybridized carbons (Fsp3) is 0.806. The molecule has 2 heterocycles. The Morgan fingerprint density at radius 1 is 1.00 bits per heavy atom. The highest BCUT2D eigenvalue weighted by atomic mass is 16.5. The zero-order valence-electron chi connectivity index (χ0n) is 22.8. The van der Waals surface area contributed by atoms with E-state index in [1.807, 2.05) is 0 Å². The Hall–Kier alpha value is -1.14. The van der Waals surface area contributed by atoms with E-state index in [2.05, 4.69) is 47.3 Å². The normalized spacial score (nSPS) is 36.3. The van der Waals surface area contributed by atoms with Gasteiger partial charge in [0, 0.05) is 30.9 Å². The van der Waals surface area contributed by atoms with Crippen LogP contribution in [0.25, 0.3) is 0 Å². The van der Waals surface area contributed by atoms with Crippen molar-refractivity contribution in [1.29, 1.82) is 0 Å². The first-order valence-electron chi connectivity index (χ1n) is 15.1. The van der Waals surface area contributed by atoms with Crippen molar-refractivity contribution in [3.8, 4) is 0 Å². The maximum atomic E-state index is 9.27. The Bertz CT molecular complexity index is 892. The number of piperidine rings is 2. The van der Waals surface area contributed by atoms with Crippen LogP contribution in [0.5, 0.6) is 0 Å². The molecule has 5 heteroatoms. The smallest absolute Gasteiger partial charge is 0.0701 e. The number of hydrogen-bond donors (Lipinski definition) is 2. The van der Waals surface area contributed by atoms with E-state index < -0.39 is 0 Å². The third-order valence-corrected chi connectivity index (χ3v) is 11.2. The molecule has 5 nitrogen and oxygen atoms in total. The van der Waals surface area contributed by atoms with E-state index in [1.165, 1.54) is 96.1 Å². The van der Waals surface area contributed by atoms with Crippen molar-refractivity contribution >= 4 is 5.69 Å². The van der Waals surface area contributed by atoms with Crippen molar-refractivity contribution in [3.63, 3.8) is 0 Å². The van der Waals surface area contributed by atoms with Gasteiger partial charge in [0.1, 0.15) is 0 Å². The highest BCUT2D eigenvalue weighted by molar-refractivity contribution is 5.51. The molecule has 2 saturated heterocycles. The topological polar surface area (TPSA) is 48.0 Å². The molecular formula is C31H49N3O2. The van der Waals surface area contributed by atoms with Crippen LogP contribution in [-0.2, 0) is 11.2 Å². The molecule has 2 saturated carbocycles. The van der Waals surface area contributed by atoms with Crippen LogP contribution in [0.4, 0.5) is 5.69 Å². The summed E-state index contributed by atoms with van der Waals surface area (Å²) in [5.74, 6) is 2.32. The van der Waals surface area contributed by atoms with Crippen LogP contribution < -0.4 is 5.32 Å². The second kappa shape index (κ2) is 10.6. The summed E-state index contributed by atoms with van der Waals surface area (Å²) >= 11 is 0. The van der Waals surface area contributed by atoms with E-state index in [1.54, 1.807) is 11.1 Å². The largest absolute Gasteiger partial charge is 0.394 e. The molecule has 4 fully saturated rings. The minimum Gasteiger partial charge on any atom is -0.394 e. The molecule has 5 unspecified atom stereocenters. The number of nitrogens with one attached hydrogen (secondary N) is 1. The van der Waals surface area contributed by atoms with Gasteiger partial charge < -0.3 is 25.0 Å². The molecule has 0 radical (unpaired) electrons. The molecule has 2 aliphatic heterocycles. The van der Waals surface area contributed by atoms with Crippen LogP contribution in [0.1, 0.15) is 81.8 Å². The van der Waals surface area contributed by atoms with Crippen molar-refractivity contribution in [2.45, 2.75) is 95.2 Å². The standard InChI is InChI=1S/C31H49N3O2/c1-31-14-9-27-26-6-4-24(32-23-10-17-34(18-11-23)25-12-15-33(2)16-13-25)21-22(26)3-5-28(27)29(31)7-8-30(31)36-20-19-35/h4,6,21,23,25,27-30,32,35H,3,5,7-20H2,1-2H3. The van der Waals surface area contributed by atoms with Gasteiger partial charge in [-0.05, 0) is 131 Å². The molecule has 5 aliphatic rings. The van der Waals surface area contributed by atoms with Crippen molar-refractivity contribution in [1.82, 2.24) is 9.80 Å². The molecule has 0 amide bonds. The number of hydrogen-bond acceptors (Lipinski definition) is 5. The summed E-state index contributed by atoms with van der Waals surface area (Å²) in [6, 6.07) is 8.81. The van der Waals surface area contributed by atoms with E-state index in [0.29, 0.717) is 24.2 Å². The number of ether oxygens (including phenoxy) is 1. The third-order valence-electron chi connectivity index (χ3n) is 11.2. The highest BCUT2D eigenvalue weighted by Crippen LogP contribution is 2.61. The van der Waals surface area contributed by atoms with E-state index in [9.17, 15) is 5.11 Å². The van der Waals surface area contributed by atoms with Crippen molar-refractivity contribution in [2.24, 2.45) is 17.3 Å². The molecule has 6 rings (SSSR count). The molecule has 0 aromatic heterocycles. The summed E-state index contributed by atoms with van der Waals surface area (Å²) in [6.45, 7) is 8.16. The lowest BCUT2D eigenvalue weighted by molar-refractivity contribution is -0.0710. The number of likely N-dealkylation sites (tertiary alicyclic amines) is 2. The van der Waals surface area contributed by atoms with Gasteiger partial charge in [0.25, 0.3) is 0 Å². The fourth-order valence-electron chi connectivity index (χ4n) is 9.10. The van der Waals surface area contributed by atoms with Gasteiger partial charge in [0.2, 0.25) is 0 Å². The van der Waals surface area contributed by atoms with E-state index in [0.717, 1.165) is 23.8 Å². The average molecular weight is 496 g/mol. The lowest BCUT2D eigenvalue weighted by atomic mass is 9.55. The molecule has 200 valence electrons. The fourth-order valence-corrected chi connectivity index (χ4v) is 9.10. The summed E-state index contributed by atoms with van der Waals surface area (Å²) in [7, 11) is 2.26. The first-order chi connectivity index (χ1) is 17.5. The van der Waals surface area contributed by atoms with Gasteiger partial charge in [0.05, 0.1) is 19.3 Å². The Morgan fingerprint density at radius 3 is 2.58 bits per heavy atom. The summed E-state index contributed by atoms with van der Waals surface area (Å²) in [6.07, 6.45) is 13.2. The maximum Gasteiger partial charge on any atom is 0.0701 e. The van der Waals surface area contributed by atoms with E-state index in [4.69, 9.17) is 4.74 Å². The van der Waals surface area contributed by atoms with Gasteiger partial charge in [-0.2, -0.15) is 0 Å². The summed E-state index contributed by atoms with van der Waals surface area (Å²) in [5, 5.41) is 13.2. The first-order valence-corrected chi connectivity index (χ1v) is 15.1. The molecule has 5 atom stereocenters. The second-order valence-corrected chi connectivity index (χ2v) is 13.0. The number of rotatable bonds is 6. The minimum absolute atomic E-state index is 0.143. The number of anilines is 1. The molecule has 3 aliphatic carbocycles. The van der Waals surface area contributed by atoms with Crippen LogP contribution in [0.2, 0.25) is 0 Å². The molecule has 1 aromatic rings. The van der Waals surface area contributed by atoms with Crippen LogP contribution >= 0.6 is 0 Å². The molecule has 2 N–H and O–H groups in total. The minimum atomic E-state index is 0.143. The quantitative estimate of drug-likeness (QED) is 0.588. The lowest BCUT2D eigenvalue weighted by Gasteiger charge is -2.50. The third kappa shape index (κ3) is 4.74. The number of aliphatic hydroxyl groups is 1. The lowest BCUT2D eigenvalue weighted by Crippen LogP contribution is -2.48. The first kappa shape index (κ1) is 25.2. The van der Waals surface area contributed by atoms with Gasteiger partial charge in [-0.15, -0.1) is 0 Å². The second-order valence-electron chi connectivity index (χ2n) is 13.0. The van der Waals surface area contributed by atoms with E-state index >= 15 is 0 Å². The Kier molecular flexibility index (Phi) is 7.37. The number of nitrogens with zero attached hydrogens (tertiary/aromatic N) is 2. The van der Waals surface area contributed by atoms with Gasteiger partial charge >= 0.3 is 0 Å². The number of aliphatic hydroxyl groups excluding tert-OH is 1. The SMILES string of the molecule is CN1CCC(N2CCC(Nc3ccc4c(c3)CCC3C4CCC4(C)C(OCCO)CCC34)CC2)CC1. The van der Waals surface area contributed by atoms with Crippen LogP contribution in [0.15, 0.2) is 18.2 Å². The maximum absolute atomic E-state index is 9.27. The summed E-state index contributed by atoms with van der Waals surface area (Å²) < 4.78 is 6.14. The van der Waals surface area contributed by atoms with Crippen LogP contribution in [0, 0.1) is 17.3 Å². The van der Waals surface area contributed by atoms with Gasteiger partial charge in [-0.1, -0.05) is 13.0 Å². The Morgan fingerprint density at radius 2 is 1.81 bits per heavy atom. The molecule has 36 heavy (non-hydrogen) atoms. The van der Waals surface area contributed by atoms with Crippen LogP contribution in [-0.4, -0.2) is 79.5 Å². The van der Waals surface area contributed by atoms with Gasteiger partial charge in [0.15, 0.2) is 0 Å². The highest BCUT2D eigenvalue weighted by Gasteiger charge is 2.55. The zero-order chi connectivity index (χ0) is 24.7. The number of fused-ring (bicyclic) bond motifs is 5. The molecule has 0 bridgehead atoms. The Labute approximate surface area is 219 Å². The Balaban J connectivity index is 1.06. The van der Waals surface area contributed by atoms with Crippen LogP contribution in [0.3, 0.4) is 0 Å². The van der Waals surface area contributed by atoms with Gasteiger partial charge in [-0.3, -0.25) is 0 Å². The number of benzene rings is 1.